The van der Waals surface area contributed by atoms with Crippen LogP contribution in [0.3, 0.4) is 0 Å². The summed E-state index contributed by atoms with van der Waals surface area (Å²) in [7, 11) is 0. The highest BCUT2D eigenvalue weighted by atomic mass is 19.1. The third-order valence-electron chi connectivity index (χ3n) is 4.15. The summed E-state index contributed by atoms with van der Waals surface area (Å²) < 4.78 is 26.2. The van der Waals surface area contributed by atoms with Gasteiger partial charge in [-0.1, -0.05) is 26.7 Å². The Morgan fingerprint density at radius 2 is 1.79 bits per heavy atom. The summed E-state index contributed by atoms with van der Waals surface area (Å²) in [5, 5.41) is 2.90. The lowest BCUT2D eigenvalue weighted by Gasteiger charge is -2.34. The molecule has 1 fully saturated rings. The Bertz CT molecular complexity index is 455. The van der Waals surface area contributed by atoms with Crippen molar-refractivity contribution in [3.63, 3.8) is 0 Å². The Kier molecular flexibility index (Phi) is 4.17. The number of amides is 1. The topological polar surface area (TPSA) is 29.1 Å². The van der Waals surface area contributed by atoms with Crippen molar-refractivity contribution in [1.29, 1.82) is 0 Å². The molecule has 1 aliphatic carbocycles. The zero-order valence-electron chi connectivity index (χ0n) is 11.2. The number of nitrogens with one attached hydrogen (secondary N) is 1. The van der Waals surface area contributed by atoms with E-state index in [1.807, 2.05) is 0 Å². The molecular formula is C15H19F2NO. The molecule has 1 amide bonds. The van der Waals surface area contributed by atoms with Crippen molar-refractivity contribution < 1.29 is 13.6 Å². The van der Waals surface area contributed by atoms with E-state index in [9.17, 15) is 13.6 Å². The van der Waals surface area contributed by atoms with Crippen LogP contribution in [0.4, 0.5) is 8.78 Å². The van der Waals surface area contributed by atoms with Gasteiger partial charge >= 0.3 is 0 Å². The maximum Gasteiger partial charge on any atom is 0.251 e. The fourth-order valence-corrected chi connectivity index (χ4v) is 2.72. The van der Waals surface area contributed by atoms with Crippen molar-refractivity contribution in [2.75, 3.05) is 0 Å². The van der Waals surface area contributed by atoms with Crippen molar-refractivity contribution in [1.82, 2.24) is 5.32 Å². The van der Waals surface area contributed by atoms with Gasteiger partial charge in [0.05, 0.1) is 0 Å². The van der Waals surface area contributed by atoms with E-state index >= 15 is 0 Å². The lowest BCUT2D eigenvalue weighted by Crippen LogP contribution is -2.43. The molecule has 0 heterocycles. The first-order chi connectivity index (χ1) is 8.97. The van der Waals surface area contributed by atoms with Gasteiger partial charge in [0.15, 0.2) is 0 Å². The SMILES string of the molecule is CC1CCCC(NC(=O)c2cc(F)cc(F)c2)C1C. The van der Waals surface area contributed by atoms with E-state index in [1.165, 1.54) is 6.42 Å². The van der Waals surface area contributed by atoms with Crippen LogP contribution < -0.4 is 5.32 Å². The van der Waals surface area contributed by atoms with Crippen LogP contribution >= 0.6 is 0 Å². The normalized spacial score (nSPS) is 27.1. The Morgan fingerprint density at radius 1 is 1.16 bits per heavy atom. The highest BCUT2D eigenvalue weighted by molar-refractivity contribution is 5.94. The van der Waals surface area contributed by atoms with Crippen molar-refractivity contribution in [3.05, 3.63) is 35.4 Å². The Hall–Kier alpha value is -1.45. The van der Waals surface area contributed by atoms with Gasteiger partial charge < -0.3 is 5.32 Å². The molecule has 0 spiro atoms. The van der Waals surface area contributed by atoms with Crippen molar-refractivity contribution in [2.45, 2.75) is 39.2 Å². The predicted molar refractivity (Wildman–Crippen MR) is 69.8 cm³/mol. The fourth-order valence-electron chi connectivity index (χ4n) is 2.72. The van der Waals surface area contributed by atoms with E-state index in [-0.39, 0.29) is 11.6 Å². The summed E-state index contributed by atoms with van der Waals surface area (Å²) in [4.78, 5) is 12.0. The second kappa shape index (κ2) is 5.68. The molecule has 0 aliphatic heterocycles. The minimum absolute atomic E-state index is 0.0444. The second-order valence-corrected chi connectivity index (χ2v) is 5.51. The minimum atomic E-state index is -0.727. The number of hydrogen-bond acceptors (Lipinski definition) is 1. The summed E-state index contributed by atoms with van der Waals surface area (Å²) in [5.41, 5.74) is 0.0444. The van der Waals surface area contributed by atoms with E-state index < -0.39 is 17.5 Å². The third-order valence-corrected chi connectivity index (χ3v) is 4.15. The molecule has 4 heteroatoms. The maximum absolute atomic E-state index is 13.1. The zero-order valence-corrected chi connectivity index (χ0v) is 11.2. The van der Waals surface area contributed by atoms with Crippen LogP contribution in [0.1, 0.15) is 43.5 Å². The van der Waals surface area contributed by atoms with Crippen LogP contribution in [-0.4, -0.2) is 11.9 Å². The van der Waals surface area contributed by atoms with Gasteiger partial charge in [-0.25, -0.2) is 8.78 Å². The van der Waals surface area contributed by atoms with Crippen LogP contribution in [0, 0.1) is 23.5 Å². The number of benzene rings is 1. The van der Waals surface area contributed by atoms with Gasteiger partial charge in [0.2, 0.25) is 0 Å². The molecular weight excluding hydrogens is 248 g/mol. The third kappa shape index (κ3) is 3.31. The quantitative estimate of drug-likeness (QED) is 0.872. The molecule has 1 aromatic rings. The molecule has 1 aromatic carbocycles. The number of halogens is 2. The molecule has 0 bridgehead atoms. The Balaban J connectivity index is 2.08. The van der Waals surface area contributed by atoms with Crippen LogP contribution in [0.2, 0.25) is 0 Å². The lowest BCUT2D eigenvalue weighted by atomic mass is 9.78. The fraction of sp³-hybridized carbons (Fsp3) is 0.533. The average Bonchev–Trinajstić information content (AvgIpc) is 2.33. The second-order valence-electron chi connectivity index (χ2n) is 5.51. The summed E-state index contributed by atoms with van der Waals surface area (Å²) >= 11 is 0. The molecule has 104 valence electrons. The monoisotopic (exact) mass is 267 g/mol. The lowest BCUT2D eigenvalue weighted by molar-refractivity contribution is 0.0890. The molecule has 0 saturated heterocycles. The number of hydrogen-bond donors (Lipinski definition) is 1. The van der Waals surface area contributed by atoms with Gasteiger partial charge in [0, 0.05) is 17.7 Å². The Morgan fingerprint density at radius 3 is 2.42 bits per heavy atom. The average molecular weight is 267 g/mol. The van der Waals surface area contributed by atoms with E-state index in [0.29, 0.717) is 11.8 Å². The minimum Gasteiger partial charge on any atom is -0.349 e. The first kappa shape index (κ1) is 14.0. The van der Waals surface area contributed by atoms with Crippen LogP contribution in [0.5, 0.6) is 0 Å². The van der Waals surface area contributed by atoms with Crippen molar-refractivity contribution in [3.8, 4) is 0 Å². The van der Waals surface area contributed by atoms with E-state index in [1.54, 1.807) is 0 Å². The van der Waals surface area contributed by atoms with Crippen LogP contribution in [-0.2, 0) is 0 Å². The number of rotatable bonds is 2. The molecule has 0 aromatic heterocycles. The van der Waals surface area contributed by atoms with Gasteiger partial charge in [0.1, 0.15) is 11.6 Å². The first-order valence-electron chi connectivity index (χ1n) is 6.74. The molecule has 1 saturated carbocycles. The smallest absolute Gasteiger partial charge is 0.251 e. The van der Waals surface area contributed by atoms with Gasteiger partial charge in [-0.2, -0.15) is 0 Å². The highest BCUT2D eigenvalue weighted by Crippen LogP contribution is 2.29. The molecule has 0 radical (unpaired) electrons. The standard InChI is InChI=1S/C15H19F2NO/c1-9-4-3-5-14(10(9)2)18-15(19)11-6-12(16)8-13(17)7-11/h6-10,14H,3-5H2,1-2H3,(H,18,19). The van der Waals surface area contributed by atoms with Crippen molar-refractivity contribution >= 4 is 5.91 Å². The number of carbonyl (C=O) groups excluding carboxylic acids is 1. The highest BCUT2D eigenvalue weighted by Gasteiger charge is 2.28. The number of carbonyl (C=O) groups is 1. The summed E-state index contributed by atoms with van der Waals surface area (Å²) in [5.74, 6) is -0.908. The molecule has 2 rings (SSSR count). The zero-order chi connectivity index (χ0) is 14.0. The van der Waals surface area contributed by atoms with Crippen molar-refractivity contribution in [2.24, 2.45) is 11.8 Å². The van der Waals surface area contributed by atoms with Gasteiger partial charge in [0.25, 0.3) is 5.91 Å². The molecule has 1 aliphatic rings. The molecule has 3 atom stereocenters. The van der Waals surface area contributed by atoms with Gasteiger partial charge in [-0.3, -0.25) is 4.79 Å². The van der Waals surface area contributed by atoms with Crippen LogP contribution in [0.15, 0.2) is 18.2 Å². The van der Waals surface area contributed by atoms with E-state index in [0.717, 1.165) is 31.0 Å². The first-order valence-corrected chi connectivity index (χ1v) is 6.74. The summed E-state index contributed by atoms with van der Waals surface area (Å²) in [6.07, 6.45) is 3.17. The predicted octanol–water partition coefficient (Wildman–Crippen LogP) is 3.52. The Labute approximate surface area is 112 Å². The largest absolute Gasteiger partial charge is 0.349 e. The summed E-state index contributed by atoms with van der Waals surface area (Å²) in [6, 6.07) is 2.98. The molecule has 2 nitrogen and oxygen atoms in total. The molecule has 3 unspecified atom stereocenters. The molecule has 1 N–H and O–H groups in total. The molecule has 19 heavy (non-hydrogen) atoms. The maximum atomic E-state index is 13.1. The summed E-state index contributed by atoms with van der Waals surface area (Å²) in [6.45, 7) is 4.28. The van der Waals surface area contributed by atoms with Crippen LogP contribution in [0.25, 0.3) is 0 Å². The van der Waals surface area contributed by atoms with E-state index in [4.69, 9.17) is 0 Å². The van der Waals surface area contributed by atoms with E-state index in [2.05, 4.69) is 19.2 Å². The van der Waals surface area contributed by atoms with Gasteiger partial charge in [-0.15, -0.1) is 0 Å². The van der Waals surface area contributed by atoms with Gasteiger partial charge in [-0.05, 0) is 30.4 Å².